The van der Waals surface area contributed by atoms with Gasteiger partial charge in [-0.3, -0.25) is 9.59 Å². The zero-order valence-corrected chi connectivity index (χ0v) is 10.7. The predicted molar refractivity (Wildman–Crippen MR) is 69.2 cm³/mol. The fourth-order valence-electron chi connectivity index (χ4n) is 1.91. The minimum atomic E-state index is -0.835. The van der Waals surface area contributed by atoms with Crippen LogP contribution in [0.5, 0.6) is 0 Å². The highest BCUT2D eigenvalue weighted by atomic mass is 16.4. The molecule has 0 bridgehead atoms. The van der Waals surface area contributed by atoms with Crippen LogP contribution in [0.1, 0.15) is 25.8 Å². The van der Waals surface area contributed by atoms with Crippen LogP contribution in [-0.4, -0.2) is 23.0 Å². The van der Waals surface area contributed by atoms with Crippen molar-refractivity contribution in [1.82, 2.24) is 5.32 Å². The van der Waals surface area contributed by atoms with Gasteiger partial charge in [-0.15, -0.1) is 0 Å². The van der Waals surface area contributed by atoms with Crippen molar-refractivity contribution in [1.29, 1.82) is 0 Å². The third kappa shape index (κ3) is 4.99. The molecule has 0 aromatic heterocycles. The van der Waals surface area contributed by atoms with Crippen LogP contribution in [0.2, 0.25) is 0 Å². The molecule has 1 aromatic rings. The van der Waals surface area contributed by atoms with Crippen LogP contribution in [-0.2, 0) is 16.0 Å². The monoisotopic (exact) mass is 249 g/mol. The van der Waals surface area contributed by atoms with Crippen molar-refractivity contribution in [2.24, 2.45) is 5.92 Å². The van der Waals surface area contributed by atoms with Crippen LogP contribution in [0, 0.1) is 5.92 Å². The number of hydrogen-bond donors (Lipinski definition) is 2. The SMILES string of the molecule is CC(=O)N[C@@H](Cc1ccccc1)C[C@H](C)C(=O)O. The lowest BCUT2D eigenvalue weighted by Crippen LogP contribution is -2.37. The predicted octanol–water partition coefficient (Wildman–Crippen LogP) is 1.84. The van der Waals surface area contributed by atoms with E-state index in [0.29, 0.717) is 12.8 Å². The summed E-state index contributed by atoms with van der Waals surface area (Å²) in [6, 6.07) is 9.59. The number of aliphatic carboxylic acids is 1. The highest BCUT2D eigenvalue weighted by Crippen LogP contribution is 2.12. The summed E-state index contributed by atoms with van der Waals surface area (Å²) in [6.45, 7) is 3.10. The number of carboxylic acid groups (broad SMARTS) is 1. The van der Waals surface area contributed by atoms with Gasteiger partial charge in [-0.1, -0.05) is 37.3 Å². The van der Waals surface area contributed by atoms with Crippen molar-refractivity contribution in [2.75, 3.05) is 0 Å². The molecule has 0 heterocycles. The lowest BCUT2D eigenvalue weighted by Gasteiger charge is -2.20. The van der Waals surface area contributed by atoms with Gasteiger partial charge in [0.05, 0.1) is 5.92 Å². The first-order chi connectivity index (χ1) is 8.49. The Morgan fingerprint density at radius 3 is 2.39 bits per heavy atom. The minimum absolute atomic E-state index is 0.131. The number of hydrogen-bond acceptors (Lipinski definition) is 2. The number of carbonyl (C=O) groups is 2. The summed E-state index contributed by atoms with van der Waals surface area (Å²) in [6.07, 6.45) is 1.09. The normalized spacial score (nSPS) is 13.7. The Balaban J connectivity index is 2.66. The first-order valence-electron chi connectivity index (χ1n) is 6.03. The number of amides is 1. The van der Waals surface area contributed by atoms with Gasteiger partial charge in [0.2, 0.25) is 5.91 Å². The molecule has 0 radical (unpaired) electrons. The molecule has 0 aliphatic carbocycles. The Kier molecular flexibility index (Phi) is 5.36. The van der Waals surface area contributed by atoms with Gasteiger partial charge in [0, 0.05) is 13.0 Å². The van der Waals surface area contributed by atoms with Crippen LogP contribution in [0.4, 0.5) is 0 Å². The van der Waals surface area contributed by atoms with E-state index in [1.807, 2.05) is 30.3 Å². The third-order valence-corrected chi connectivity index (χ3v) is 2.79. The van der Waals surface area contributed by atoms with Crippen LogP contribution in [0.15, 0.2) is 30.3 Å². The molecule has 0 aliphatic rings. The molecule has 0 saturated carbocycles. The van der Waals surface area contributed by atoms with Gasteiger partial charge >= 0.3 is 5.97 Å². The van der Waals surface area contributed by atoms with E-state index in [1.54, 1.807) is 6.92 Å². The lowest BCUT2D eigenvalue weighted by molar-refractivity contribution is -0.141. The van der Waals surface area contributed by atoms with E-state index >= 15 is 0 Å². The standard InChI is InChI=1S/C14H19NO3/c1-10(14(17)18)8-13(15-11(2)16)9-12-6-4-3-5-7-12/h3-7,10,13H,8-9H2,1-2H3,(H,15,16)(H,17,18)/t10-,13+/m0/s1. The summed E-state index contributed by atoms with van der Waals surface area (Å²) >= 11 is 0. The van der Waals surface area contributed by atoms with E-state index in [4.69, 9.17) is 5.11 Å². The summed E-state index contributed by atoms with van der Waals surface area (Å²) in [4.78, 5) is 22.0. The molecule has 1 rings (SSSR count). The van der Waals surface area contributed by atoms with Crippen LogP contribution in [0.3, 0.4) is 0 Å². The van der Waals surface area contributed by atoms with Gasteiger partial charge in [0.1, 0.15) is 0 Å². The maximum atomic E-state index is 11.1. The van der Waals surface area contributed by atoms with Gasteiger partial charge in [-0.25, -0.2) is 0 Å². The van der Waals surface area contributed by atoms with E-state index in [-0.39, 0.29) is 11.9 Å². The molecule has 18 heavy (non-hydrogen) atoms. The van der Waals surface area contributed by atoms with Gasteiger partial charge < -0.3 is 10.4 Å². The Morgan fingerprint density at radius 1 is 1.28 bits per heavy atom. The molecular weight excluding hydrogens is 230 g/mol. The first kappa shape index (κ1) is 14.2. The number of rotatable bonds is 6. The fraction of sp³-hybridized carbons (Fsp3) is 0.429. The molecule has 4 nitrogen and oxygen atoms in total. The summed E-state index contributed by atoms with van der Waals surface area (Å²) in [7, 11) is 0. The molecule has 0 unspecified atom stereocenters. The molecule has 0 fully saturated rings. The molecule has 98 valence electrons. The first-order valence-corrected chi connectivity index (χ1v) is 6.03. The maximum absolute atomic E-state index is 11.1. The molecule has 0 spiro atoms. The lowest BCUT2D eigenvalue weighted by atomic mass is 9.96. The van der Waals surface area contributed by atoms with E-state index in [0.717, 1.165) is 5.56 Å². The Bertz CT molecular complexity index is 403. The maximum Gasteiger partial charge on any atom is 0.306 e. The average molecular weight is 249 g/mol. The largest absolute Gasteiger partial charge is 0.481 e. The van der Waals surface area contributed by atoms with E-state index in [2.05, 4.69) is 5.32 Å². The highest BCUT2D eigenvalue weighted by Gasteiger charge is 2.19. The van der Waals surface area contributed by atoms with Crippen molar-refractivity contribution in [2.45, 2.75) is 32.7 Å². The van der Waals surface area contributed by atoms with Gasteiger partial charge in [-0.2, -0.15) is 0 Å². The second-order valence-corrected chi connectivity index (χ2v) is 4.56. The van der Waals surface area contributed by atoms with Gasteiger partial charge in [-0.05, 0) is 18.4 Å². The quantitative estimate of drug-likeness (QED) is 0.808. The molecule has 0 aliphatic heterocycles. The van der Waals surface area contributed by atoms with Crippen LogP contribution < -0.4 is 5.32 Å². The molecule has 1 amide bonds. The van der Waals surface area contributed by atoms with Gasteiger partial charge in [0.25, 0.3) is 0 Å². The number of nitrogens with one attached hydrogen (secondary N) is 1. The van der Waals surface area contributed by atoms with Crippen molar-refractivity contribution in [3.05, 3.63) is 35.9 Å². The van der Waals surface area contributed by atoms with Crippen molar-refractivity contribution in [3.8, 4) is 0 Å². The van der Waals surface area contributed by atoms with Crippen molar-refractivity contribution in [3.63, 3.8) is 0 Å². The van der Waals surface area contributed by atoms with E-state index in [9.17, 15) is 9.59 Å². The Hall–Kier alpha value is -1.84. The minimum Gasteiger partial charge on any atom is -0.481 e. The zero-order valence-electron chi connectivity index (χ0n) is 10.7. The Morgan fingerprint density at radius 2 is 1.89 bits per heavy atom. The molecule has 1 aromatic carbocycles. The Labute approximate surface area is 107 Å². The van der Waals surface area contributed by atoms with E-state index in [1.165, 1.54) is 6.92 Å². The summed E-state index contributed by atoms with van der Waals surface area (Å²) in [5, 5.41) is 11.7. The highest BCUT2D eigenvalue weighted by molar-refractivity contribution is 5.73. The molecule has 4 heteroatoms. The zero-order chi connectivity index (χ0) is 13.5. The number of benzene rings is 1. The molecule has 0 saturated heterocycles. The van der Waals surface area contributed by atoms with Crippen LogP contribution in [0.25, 0.3) is 0 Å². The second kappa shape index (κ2) is 6.79. The molecule has 2 atom stereocenters. The number of carbonyl (C=O) groups excluding carboxylic acids is 1. The topological polar surface area (TPSA) is 66.4 Å². The number of carboxylic acids is 1. The fourth-order valence-corrected chi connectivity index (χ4v) is 1.91. The summed E-state index contributed by atoms with van der Waals surface area (Å²) < 4.78 is 0. The molecular formula is C14H19NO3. The second-order valence-electron chi connectivity index (χ2n) is 4.56. The third-order valence-electron chi connectivity index (χ3n) is 2.79. The summed E-state index contributed by atoms with van der Waals surface area (Å²) in [5.41, 5.74) is 1.09. The smallest absolute Gasteiger partial charge is 0.306 e. The summed E-state index contributed by atoms with van der Waals surface area (Å²) in [5.74, 6) is -1.43. The molecule has 2 N–H and O–H groups in total. The van der Waals surface area contributed by atoms with E-state index < -0.39 is 11.9 Å². The van der Waals surface area contributed by atoms with Gasteiger partial charge in [0.15, 0.2) is 0 Å². The average Bonchev–Trinajstić information content (AvgIpc) is 2.29. The van der Waals surface area contributed by atoms with Crippen molar-refractivity contribution < 1.29 is 14.7 Å². The van der Waals surface area contributed by atoms with Crippen LogP contribution >= 0.6 is 0 Å². The van der Waals surface area contributed by atoms with Crippen molar-refractivity contribution >= 4 is 11.9 Å².